The predicted octanol–water partition coefficient (Wildman–Crippen LogP) is 5.92. The number of hydrogen-bond acceptors (Lipinski definition) is 13. The van der Waals surface area contributed by atoms with Crippen molar-refractivity contribution in [2.24, 2.45) is 0 Å². The Bertz CT molecular complexity index is 2130. The first-order chi connectivity index (χ1) is 27.7. The van der Waals surface area contributed by atoms with Gasteiger partial charge in [0.1, 0.15) is 35.6 Å². The molecule has 2 aliphatic heterocycles. The molecule has 2 fully saturated rings. The molecule has 4 aromatic carbocycles. The van der Waals surface area contributed by atoms with Crippen molar-refractivity contribution in [3.63, 3.8) is 0 Å². The summed E-state index contributed by atoms with van der Waals surface area (Å²) >= 11 is 1.25. The third-order valence-corrected chi connectivity index (χ3v) is 11.0. The number of anilines is 1. The minimum absolute atomic E-state index is 0.0655. The number of aliphatic hydroxyl groups is 1. The zero-order chi connectivity index (χ0) is 41.7. The fourth-order valence-electron chi connectivity index (χ4n) is 7.11. The third-order valence-electron chi connectivity index (χ3n) is 9.68. The number of aromatic hydroxyl groups is 1. The lowest BCUT2D eigenvalue weighted by molar-refractivity contribution is -0.254. The number of nitrogens with zero attached hydrogens (tertiary/aromatic N) is 1. The van der Waals surface area contributed by atoms with Gasteiger partial charge in [-0.2, -0.15) is 0 Å². The molecule has 0 aliphatic carbocycles. The van der Waals surface area contributed by atoms with Crippen molar-refractivity contribution >= 4 is 47.2 Å². The van der Waals surface area contributed by atoms with Crippen molar-refractivity contribution in [3.05, 3.63) is 120 Å². The molecule has 6 rings (SSSR count). The van der Waals surface area contributed by atoms with E-state index in [0.29, 0.717) is 33.5 Å². The van der Waals surface area contributed by atoms with Crippen LogP contribution in [0.4, 0.5) is 10.1 Å². The Labute approximate surface area is 338 Å². The van der Waals surface area contributed by atoms with E-state index in [0.717, 1.165) is 13.8 Å². The number of thioether (sulfide) groups is 1. The summed E-state index contributed by atoms with van der Waals surface area (Å²) < 4.78 is 41.6. The fraction of sp³-hybridized carbons (Fsp3) is 0.326. The summed E-state index contributed by atoms with van der Waals surface area (Å²) in [5.74, 6) is -3.33. The number of β-lactam (4-membered cyclic amide) rings is 1. The normalized spacial score (nSPS) is 23.2. The van der Waals surface area contributed by atoms with Crippen LogP contribution in [0.1, 0.15) is 62.6 Å². The van der Waals surface area contributed by atoms with Crippen molar-refractivity contribution in [2.45, 2.75) is 75.6 Å². The second-order valence-corrected chi connectivity index (χ2v) is 15.0. The van der Waals surface area contributed by atoms with Gasteiger partial charge in [0, 0.05) is 44.7 Å². The summed E-state index contributed by atoms with van der Waals surface area (Å²) in [5, 5.41) is 21.7. The largest absolute Gasteiger partial charge is 0.508 e. The number of benzene rings is 4. The summed E-state index contributed by atoms with van der Waals surface area (Å²) in [5.41, 5.74) is 3.45. The summed E-state index contributed by atoms with van der Waals surface area (Å²) in [4.78, 5) is 63.7. The Morgan fingerprint density at radius 3 is 1.98 bits per heavy atom. The van der Waals surface area contributed by atoms with E-state index in [1.807, 2.05) is 18.2 Å². The van der Waals surface area contributed by atoms with E-state index in [9.17, 15) is 38.6 Å². The highest BCUT2D eigenvalue weighted by atomic mass is 32.2. The first-order valence-electron chi connectivity index (χ1n) is 18.4. The molecule has 0 saturated carbocycles. The molecule has 1 unspecified atom stereocenters. The predicted molar refractivity (Wildman–Crippen MR) is 209 cm³/mol. The molecule has 13 nitrogen and oxygen atoms in total. The molecule has 2 saturated heterocycles. The van der Waals surface area contributed by atoms with Crippen molar-refractivity contribution in [3.8, 4) is 16.9 Å². The van der Waals surface area contributed by atoms with E-state index < -0.39 is 77.6 Å². The number of rotatable bonds is 13. The van der Waals surface area contributed by atoms with Gasteiger partial charge in [0.25, 0.3) is 0 Å². The third kappa shape index (κ3) is 9.50. The molecule has 0 bridgehead atoms. The molecule has 0 radical (unpaired) electrons. The molecule has 15 heteroatoms. The highest BCUT2D eigenvalue weighted by Crippen LogP contribution is 2.49. The molecule has 8 atom stereocenters. The molecule has 58 heavy (non-hydrogen) atoms. The van der Waals surface area contributed by atoms with E-state index >= 15 is 0 Å². The van der Waals surface area contributed by atoms with Gasteiger partial charge >= 0.3 is 23.9 Å². The fourth-order valence-corrected chi connectivity index (χ4v) is 8.40. The van der Waals surface area contributed by atoms with E-state index in [4.69, 9.17) is 23.7 Å². The van der Waals surface area contributed by atoms with Gasteiger partial charge in [-0.05, 0) is 52.6 Å². The maximum Gasteiger partial charge on any atom is 0.303 e. The van der Waals surface area contributed by atoms with Gasteiger partial charge in [-0.1, -0.05) is 66.7 Å². The zero-order valence-corrected chi connectivity index (χ0v) is 32.8. The van der Waals surface area contributed by atoms with Gasteiger partial charge in [0.05, 0.1) is 12.1 Å². The molecule has 2 heterocycles. The van der Waals surface area contributed by atoms with Gasteiger partial charge in [-0.25, -0.2) is 4.39 Å². The maximum atomic E-state index is 13.6. The average molecular weight is 816 g/mol. The van der Waals surface area contributed by atoms with Crippen LogP contribution >= 0.6 is 11.8 Å². The Morgan fingerprint density at radius 2 is 1.38 bits per heavy atom. The van der Waals surface area contributed by atoms with Crippen LogP contribution in [0.5, 0.6) is 5.75 Å². The monoisotopic (exact) mass is 815 g/mol. The molecular formula is C43H42FNO12S. The Morgan fingerprint density at radius 1 is 0.776 bits per heavy atom. The zero-order valence-electron chi connectivity index (χ0n) is 32.0. The summed E-state index contributed by atoms with van der Waals surface area (Å²) in [6.07, 6.45) is -7.01. The number of ether oxygens (including phenoxy) is 5. The summed E-state index contributed by atoms with van der Waals surface area (Å²) in [6, 6.07) is 26.0. The van der Waals surface area contributed by atoms with Crippen molar-refractivity contribution in [1.82, 2.24) is 0 Å². The standard InChI is InChI=1S/C43H42FNO12S/c1-23(46)53-21-36-39(54-24(2)47)41(56-26(4)49)40(55-25(3)48)38(57-36)29-12-10-27(11-13-29)30-16-19-33(34(50)20-30)37-42(43(52)45(37)32-8-6-5-7-9-32)58-22-35(51)28-14-17-31(44)18-15-28/h5-20,35-42,50-51H,21-22H2,1-4H3/t35-,36+,37+,38?,39+,40-,41-,42+/m0/s1. The minimum atomic E-state index is -1.32. The first-order valence-corrected chi connectivity index (χ1v) is 19.4. The van der Waals surface area contributed by atoms with Crippen molar-refractivity contribution < 1.29 is 62.3 Å². The molecule has 2 N–H and O–H groups in total. The van der Waals surface area contributed by atoms with E-state index in [1.54, 1.807) is 59.5 Å². The second kappa shape index (κ2) is 18.2. The average Bonchev–Trinajstić information content (AvgIpc) is 3.18. The Hall–Kier alpha value is -5.77. The van der Waals surface area contributed by atoms with E-state index in [2.05, 4.69) is 0 Å². The Kier molecular flexibility index (Phi) is 13.1. The molecule has 1 amide bonds. The number of aliphatic hydroxyl groups excluding tert-OH is 1. The number of phenols is 1. The summed E-state index contributed by atoms with van der Waals surface area (Å²) in [7, 11) is 0. The topological polar surface area (TPSA) is 175 Å². The number of phenolic OH excluding ortho intramolecular Hbond substituents is 1. The van der Waals surface area contributed by atoms with Crippen LogP contribution in [-0.2, 0) is 47.7 Å². The van der Waals surface area contributed by atoms with Crippen LogP contribution in [0.3, 0.4) is 0 Å². The van der Waals surface area contributed by atoms with E-state index in [1.165, 1.54) is 49.9 Å². The van der Waals surface area contributed by atoms with Crippen molar-refractivity contribution in [2.75, 3.05) is 17.3 Å². The van der Waals surface area contributed by atoms with Crippen LogP contribution in [0.2, 0.25) is 0 Å². The van der Waals surface area contributed by atoms with Gasteiger partial charge in [-0.15, -0.1) is 11.8 Å². The number of carbonyl (C=O) groups is 5. The number of amides is 1. The highest BCUT2D eigenvalue weighted by molar-refractivity contribution is 8.00. The molecule has 304 valence electrons. The van der Waals surface area contributed by atoms with Crippen LogP contribution in [-0.4, -0.2) is 82.0 Å². The van der Waals surface area contributed by atoms with Crippen molar-refractivity contribution in [1.29, 1.82) is 0 Å². The number of esters is 4. The molecule has 2 aliphatic rings. The quantitative estimate of drug-likeness (QED) is 0.0926. The second-order valence-electron chi connectivity index (χ2n) is 13.8. The minimum Gasteiger partial charge on any atom is -0.508 e. The number of hydrogen-bond donors (Lipinski definition) is 2. The van der Waals surface area contributed by atoms with Crippen LogP contribution < -0.4 is 4.90 Å². The van der Waals surface area contributed by atoms with E-state index in [-0.39, 0.29) is 24.0 Å². The molecule has 0 spiro atoms. The highest BCUT2D eigenvalue weighted by Gasteiger charge is 2.53. The lowest BCUT2D eigenvalue weighted by Gasteiger charge is -2.47. The lowest BCUT2D eigenvalue weighted by Crippen LogP contribution is -2.59. The summed E-state index contributed by atoms with van der Waals surface area (Å²) in [6.45, 7) is 4.30. The SMILES string of the molecule is CC(=O)OC[C@H]1OC(c2ccc(-c3ccc([C@@H]4[C@@H](SC[C@H](O)c5ccc(F)cc5)C(=O)N4c4ccccc4)c(O)c3)cc2)[C@H](OC(C)=O)[C@@H](OC(C)=O)[C@@H]1OC(C)=O. The molecule has 4 aromatic rings. The molecular weight excluding hydrogens is 774 g/mol. The Balaban J connectivity index is 1.27. The first kappa shape index (κ1) is 41.9. The number of carbonyl (C=O) groups excluding carboxylic acids is 5. The van der Waals surface area contributed by atoms with Gasteiger partial charge in [0.15, 0.2) is 18.3 Å². The maximum absolute atomic E-state index is 13.6. The van der Waals surface area contributed by atoms with Gasteiger partial charge in [-0.3, -0.25) is 24.0 Å². The smallest absolute Gasteiger partial charge is 0.303 e. The van der Waals surface area contributed by atoms with Crippen LogP contribution in [0.15, 0.2) is 97.1 Å². The van der Waals surface area contributed by atoms with Crippen LogP contribution in [0.25, 0.3) is 11.1 Å². The van der Waals surface area contributed by atoms with Gasteiger partial charge in [0.2, 0.25) is 5.91 Å². The lowest BCUT2D eigenvalue weighted by atomic mass is 9.88. The van der Waals surface area contributed by atoms with Crippen LogP contribution in [0, 0.1) is 5.82 Å². The number of halogens is 1. The molecule has 0 aromatic heterocycles. The number of para-hydroxylation sites is 1. The van der Waals surface area contributed by atoms with Gasteiger partial charge < -0.3 is 38.8 Å².